The highest BCUT2D eigenvalue weighted by Gasteiger charge is 2.16. The van der Waals surface area contributed by atoms with Crippen LogP contribution in [0.1, 0.15) is 33.1 Å². The second kappa shape index (κ2) is 7.56. The average Bonchev–Trinajstić information content (AvgIpc) is 2.18. The summed E-state index contributed by atoms with van der Waals surface area (Å²) in [5.41, 5.74) is 0. The Morgan fingerprint density at radius 1 is 1.57 bits per heavy atom. The summed E-state index contributed by atoms with van der Waals surface area (Å²) in [7, 11) is 0. The van der Waals surface area contributed by atoms with E-state index in [0.717, 1.165) is 19.3 Å². The Balaban J connectivity index is 3.89. The number of carbonyl (C=O) groups is 1. The van der Waals surface area contributed by atoms with Crippen LogP contribution in [0.15, 0.2) is 12.7 Å². The molecule has 0 aliphatic heterocycles. The van der Waals surface area contributed by atoms with E-state index >= 15 is 0 Å². The van der Waals surface area contributed by atoms with Crippen LogP contribution in [0.25, 0.3) is 0 Å². The van der Waals surface area contributed by atoms with E-state index in [0.29, 0.717) is 6.54 Å². The minimum absolute atomic E-state index is 0.152. The molecule has 2 unspecified atom stereocenters. The Morgan fingerprint density at radius 2 is 2.21 bits per heavy atom. The SMILES string of the molecule is C=CC(=O)NCC(CC)C(O)CCC. The van der Waals surface area contributed by atoms with Crippen LogP contribution in [0.5, 0.6) is 0 Å². The maximum absolute atomic E-state index is 10.9. The van der Waals surface area contributed by atoms with Crippen molar-refractivity contribution in [3.63, 3.8) is 0 Å². The molecule has 0 aromatic carbocycles. The lowest BCUT2D eigenvalue weighted by atomic mass is 9.96. The van der Waals surface area contributed by atoms with Gasteiger partial charge in [-0.05, 0) is 18.9 Å². The first-order valence-corrected chi connectivity index (χ1v) is 5.24. The maximum Gasteiger partial charge on any atom is 0.243 e. The monoisotopic (exact) mass is 199 g/mol. The Kier molecular flexibility index (Phi) is 7.11. The average molecular weight is 199 g/mol. The van der Waals surface area contributed by atoms with E-state index in [9.17, 15) is 9.90 Å². The van der Waals surface area contributed by atoms with Crippen LogP contribution >= 0.6 is 0 Å². The minimum atomic E-state index is -0.310. The van der Waals surface area contributed by atoms with Crippen molar-refractivity contribution in [2.75, 3.05) is 6.54 Å². The summed E-state index contributed by atoms with van der Waals surface area (Å²) < 4.78 is 0. The molecule has 3 heteroatoms. The van der Waals surface area contributed by atoms with Crippen LogP contribution in [0.2, 0.25) is 0 Å². The predicted octanol–water partition coefficient (Wildman–Crippen LogP) is 1.48. The van der Waals surface area contributed by atoms with E-state index in [1.165, 1.54) is 6.08 Å². The van der Waals surface area contributed by atoms with Gasteiger partial charge in [0, 0.05) is 12.5 Å². The van der Waals surface area contributed by atoms with Gasteiger partial charge in [-0.15, -0.1) is 0 Å². The highest BCUT2D eigenvalue weighted by molar-refractivity contribution is 5.86. The molecule has 0 aromatic rings. The molecular formula is C11H21NO2. The molecule has 0 bridgehead atoms. The largest absolute Gasteiger partial charge is 0.393 e. The standard InChI is InChI=1S/C11H21NO2/c1-4-7-10(13)9(5-2)8-12-11(14)6-3/h6,9-10,13H,3-5,7-8H2,1-2H3,(H,12,14). The second-order valence-corrected chi connectivity index (χ2v) is 3.47. The van der Waals surface area contributed by atoms with Crippen LogP contribution in [0.3, 0.4) is 0 Å². The van der Waals surface area contributed by atoms with Crippen molar-refractivity contribution in [2.24, 2.45) is 5.92 Å². The van der Waals surface area contributed by atoms with Gasteiger partial charge in [-0.1, -0.05) is 26.8 Å². The normalized spacial score (nSPS) is 14.5. The molecule has 0 fully saturated rings. The van der Waals surface area contributed by atoms with E-state index in [1.807, 2.05) is 13.8 Å². The van der Waals surface area contributed by atoms with Crippen molar-refractivity contribution in [2.45, 2.75) is 39.2 Å². The van der Waals surface area contributed by atoms with Gasteiger partial charge in [-0.2, -0.15) is 0 Å². The van der Waals surface area contributed by atoms with Gasteiger partial charge >= 0.3 is 0 Å². The number of amides is 1. The van der Waals surface area contributed by atoms with Gasteiger partial charge in [0.15, 0.2) is 0 Å². The lowest BCUT2D eigenvalue weighted by Crippen LogP contribution is -2.33. The lowest BCUT2D eigenvalue weighted by Gasteiger charge is -2.21. The topological polar surface area (TPSA) is 49.3 Å². The van der Waals surface area contributed by atoms with Crippen LogP contribution in [0.4, 0.5) is 0 Å². The number of aliphatic hydroxyl groups is 1. The van der Waals surface area contributed by atoms with Crippen molar-refractivity contribution in [3.8, 4) is 0 Å². The first kappa shape index (κ1) is 13.2. The van der Waals surface area contributed by atoms with Crippen molar-refractivity contribution in [1.29, 1.82) is 0 Å². The number of carbonyl (C=O) groups excluding carboxylic acids is 1. The van der Waals surface area contributed by atoms with Crippen molar-refractivity contribution < 1.29 is 9.90 Å². The van der Waals surface area contributed by atoms with Gasteiger partial charge in [0.05, 0.1) is 6.10 Å². The van der Waals surface area contributed by atoms with Crippen molar-refractivity contribution in [3.05, 3.63) is 12.7 Å². The van der Waals surface area contributed by atoms with E-state index in [2.05, 4.69) is 11.9 Å². The molecule has 1 amide bonds. The van der Waals surface area contributed by atoms with Gasteiger partial charge in [0.1, 0.15) is 0 Å². The molecule has 82 valence electrons. The number of hydrogen-bond acceptors (Lipinski definition) is 2. The summed E-state index contributed by atoms with van der Waals surface area (Å²) in [5, 5.41) is 12.4. The van der Waals surface area contributed by atoms with Crippen molar-refractivity contribution >= 4 is 5.91 Å². The fraction of sp³-hybridized carbons (Fsp3) is 0.727. The second-order valence-electron chi connectivity index (χ2n) is 3.47. The van der Waals surface area contributed by atoms with Gasteiger partial charge in [0.25, 0.3) is 0 Å². The molecule has 0 aliphatic rings. The molecule has 3 nitrogen and oxygen atoms in total. The quantitative estimate of drug-likeness (QED) is 0.610. The molecule has 0 heterocycles. The smallest absolute Gasteiger partial charge is 0.243 e. The molecule has 0 aromatic heterocycles. The molecule has 2 atom stereocenters. The molecule has 2 N–H and O–H groups in total. The zero-order valence-electron chi connectivity index (χ0n) is 9.12. The Bertz CT molecular complexity index is 180. The van der Waals surface area contributed by atoms with Gasteiger partial charge in [-0.3, -0.25) is 4.79 Å². The number of rotatable bonds is 7. The molecule has 0 radical (unpaired) electrons. The Labute approximate surface area is 86.2 Å². The molecule has 0 rings (SSSR count). The molecule has 0 aliphatic carbocycles. The summed E-state index contributed by atoms with van der Waals surface area (Å²) in [6, 6.07) is 0. The molecule has 0 saturated carbocycles. The van der Waals surface area contributed by atoms with E-state index in [4.69, 9.17) is 0 Å². The third-order valence-electron chi connectivity index (χ3n) is 2.38. The molecule has 0 spiro atoms. The first-order valence-electron chi connectivity index (χ1n) is 5.24. The predicted molar refractivity (Wildman–Crippen MR) is 57.9 cm³/mol. The zero-order chi connectivity index (χ0) is 11.0. The number of aliphatic hydroxyl groups excluding tert-OH is 1. The zero-order valence-corrected chi connectivity index (χ0v) is 9.12. The van der Waals surface area contributed by atoms with Crippen LogP contribution in [0, 0.1) is 5.92 Å². The summed E-state index contributed by atoms with van der Waals surface area (Å²) in [5.74, 6) is -0.0222. The van der Waals surface area contributed by atoms with E-state index in [1.54, 1.807) is 0 Å². The van der Waals surface area contributed by atoms with Crippen LogP contribution < -0.4 is 5.32 Å². The first-order chi connectivity index (χ1) is 6.65. The summed E-state index contributed by atoms with van der Waals surface area (Å²) in [6.07, 6.45) is 3.57. The fourth-order valence-corrected chi connectivity index (χ4v) is 1.39. The minimum Gasteiger partial charge on any atom is -0.393 e. The van der Waals surface area contributed by atoms with E-state index in [-0.39, 0.29) is 17.9 Å². The number of nitrogens with one attached hydrogen (secondary N) is 1. The maximum atomic E-state index is 10.9. The van der Waals surface area contributed by atoms with Gasteiger partial charge in [0.2, 0.25) is 5.91 Å². The molecule has 0 saturated heterocycles. The van der Waals surface area contributed by atoms with Crippen molar-refractivity contribution in [1.82, 2.24) is 5.32 Å². The highest BCUT2D eigenvalue weighted by atomic mass is 16.3. The summed E-state index contributed by atoms with van der Waals surface area (Å²) in [6.45, 7) is 7.96. The van der Waals surface area contributed by atoms with E-state index < -0.39 is 0 Å². The van der Waals surface area contributed by atoms with Gasteiger partial charge < -0.3 is 10.4 Å². The molecular weight excluding hydrogens is 178 g/mol. The summed E-state index contributed by atoms with van der Waals surface area (Å²) >= 11 is 0. The Hall–Kier alpha value is -0.830. The van der Waals surface area contributed by atoms with Gasteiger partial charge in [-0.25, -0.2) is 0 Å². The third kappa shape index (κ3) is 5.02. The lowest BCUT2D eigenvalue weighted by molar-refractivity contribution is -0.116. The molecule has 14 heavy (non-hydrogen) atoms. The highest BCUT2D eigenvalue weighted by Crippen LogP contribution is 2.12. The summed E-state index contributed by atoms with van der Waals surface area (Å²) in [4.78, 5) is 10.9. The number of hydrogen-bond donors (Lipinski definition) is 2. The Morgan fingerprint density at radius 3 is 2.64 bits per heavy atom. The third-order valence-corrected chi connectivity index (χ3v) is 2.38. The van der Waals surface area contributed by atoms with Crippen LogP contribution in [-0.2, 0) is 4.79 Å². The fourth-order valence-electron chi connectivity index (χ4n) is 1.39. The van der Waals surface area contributed by atoms with Crippen LogP contribution in [-0.4, -0.2) is 23.7 Å².